The maximum absolute atomic E-state index is 12.8. The zero-order chi connectivity index (χ0) is 12.3. The second kappa shape index (κ2) is 5.03. The van der Waals surface area contributed by atoms with Crippen molar-refractivity contribution in [2.75, 3.05) is 0 Å². The van der Waals surface area contributed by atoms with Gasteiger partial charge in [-0.25, -0.2) is 14.7 Å². The van der Waals surface area contributed by atoms with Crippen molar-refractivity contribution in [2.45, 2.75) is 6.10 Å². The molecule has 2 aromatic carbocycles. The monoisotopic (exact) mass is 235 g/mol. The molecule has 0 aliphatic heterocycles. The van der Waals surface area contributed by atoms with Crippen molar-refractivity contribution in [1.82, 2.24) is 0 Å². The van der Waals surface area contributed by atoms with E-state index in [1.165, 1.54) is 24.3 Å². The van der Waals surface area contributed by atoms with Gasteiger partial charge in [0.2, 0.25) is 0 Å². The van der Waals surface area contributed by atoms with Gasteiger partial charge in [-0.05, 0) is 35.4 Å². The van der Waals surface area contributed by atoms with Gasteiger partial charge >= 0.3 is 0 Å². The van der Waals surface area contributed by atoms with Crippen molar-refractivity contribution in [1.29, 1.82) is 0 Å². The van der Waals surface area contributed by atoms with Crippen LogP contribution in [0.4, 0.5) is 8.78 Å². The summed E-state index contributed by atoms with van der Waals surface area (Å²) in [7, 11) is 0. The Balaban J connectivity index is 2.33. The Kier molecular flexibility index (Phi) is 3.46. The molecule has 17 heavy (non-hydrogen) atoms. The lowest BCUT2D eigenvalue weighted by Crippen LogP contribution is -2.10. The molecule has 0 saturated heterocycles. The minimum atomic E-state index is -0.531. The third-order valence-corrected chi connectivity index (χ3v) is 2.48. The molecule has 88 valence electrons. The van der Waals surface area contributed by atoms with Crippen molar-refractivity contribution < 1.29 is 13.6 Å². The van der Waals surface area contributed by atoms with Gasteiger partial charge in [-0.3, -0.25) is 4.84 Å². The van der Waals surface area contributed by atoms with Gasteiger partial charge in [-0.1, -0.05) is 24.3 Å². The molecule has 2 N–H and O–H groups in total. The summed E-state index contributed by atoms with van der Waals surface area (Å²) >= 11 is 0. The molecule has 0 aliphatic carbocycles. The Morgan fingerprint density at radius 3 is 1.41 bits per heavy atom. The fraction of sp³-hybridized carbons (Fsp3) is 0.0769. The lowest BCUT2D eigenvalue weighted by atomic mass is 10.0. The van der Waals surface area contributed by atoms with Crippen LogP contribution in [-0.2, 0) is 4.84 Å². The Morgan fingerprint density at radius 1 is 0.765 bits per heavy atom. The van der Waals surface area contributed by atoms with Crippen molar-refractivity contribution >= 4 is 0 Å². The third kappa shape index (κ3) is 2.67. The van der Waals surface area contributed by atoms with Crippen LogP contribution in [0.15, 0.2) is 48.5 Å². The van der Waals surface area contributed by atoms with Crippen LogP contribution < -0.4 is 5.90 Å². The summed E-state index contributed by atoms with van der Waals surface area (Å²) in [6, 6.07) is 11.6. The van der Waals surface area contributed by atoms with E-state index in [1.807, 2.05) is 0 Å². The van der Waals surface area contributed by atoms with Gasteiger partial charge in [0.05, 0.1) is 0 Å². The average molecular weight is 235 g/mol. The maximum atomic E-state index is 12.8. The van der Waals surface area contributed by atoms with Crippen LogP contribution in [0.1, 0.15) is 17.2 Å². The van der Waals surface area contributed by atoms with Crippen LogP contribution in [0.25, 0.3) is 0 Å². The van der Waals surface area contributed by atoms with Crippen LogP contribution >= 0.6 is 0 Å². The fourth-order valence-electron chi connectivity index (χ4n) is 1.62. The van der Waals surface area contributed by atoms with E-state index in [4.69, 9.17) is 10.7 Å². The number of hydrogen-bond acceptors (Lipinski definition) is 2. The van der Waals surface area contributed by atoms with Crippen molar-refractivity contribution in [3.63, 3.8) is 0 Å². The first kappa shape index (κ1) is 11.7. The van der Waals surface area contributed by atoms with Gasteiger partial charge in [-0.2, -0.15) is 0 Å². The highest BCUT2D eigenvalue weighted by Crippen LogP contribution is 2.24. The number of benzene rings is 2. The van der Waals surface area contributed by atoms with Crippen LogP contribution in [0, 0.1) is 11.6 Å². The molecular formula is C13H11F2NO. The number of halogens is 2. The van der Waals surface area contributed by atoms with E-state index < -0.39 is 6.10 Å². The molecule has 0 bridgehead atoms. The van der Waals surface area contributed by atoms with Gasteiger partial charge in [0, 0.05) is 0 Å². The van der Waals surface area contributed by atoms with E-state index in [9.17, 15) is 8.78 Å². The predicted molar refractivity (Wildman–Crippen MR) is 59.9 cm³/mol. The van der Waals surface area contributed by atoms with Gasteiger partial charge in [0.1, 0.15) is 17.7 Å². The molecule has 0 aromatic heterocycles. The minimum Gasteiger partial charge on any atom is -0.292 e. The second-order valence-corrected chi connectivity index (χ2v) is 3.62. The molecule has 0 spiro atoms. The number of rotatable bonds is 3. The summed E-state index contributed by atoms with van der Waals surface area (Å²) in [6.07, 6.45) is -0.531. The summed E-state index contributed by atoms with van der Waals surface area (Å²) < 4.78 is 25.6. The standard InChI is InChI=1S/C13H11F2NO/c14-11-5-1-9(2-6-11)13(17-16)10-3-7-12(15)8-4-10/h1-8,13H,16H2. The topological polar surface area (TPSA) is 35.2 Å². The largest absolute Gasteiger partial charge is 0.292 e. The summed E-state index contributed by atoms with van der Waals surface area (Å²) in [5.74, 6) is 4.57. The lowest BCUT2D eigenvalue weighted by molar-refractivity contribution is 0.0812. The van der Waals surface area contributed by atoms with E-state index >= 15 is 0 Å². The Morgan fingerprint density at radius 2 is 1.12 bits per heavy atom. The van der Waals surface area contributed by atoms with Crippen LogP contribution in [-0.4, -0.2) is 0 Å². The van der Waals surface area contributed by atoms with Gasteiger partial charge < -0.3 is 0 Å². The van der Waals surface area contributed by atoms with E-state index in [1.54, 1.807) is 24.3 Å². The average Bonchev–Trinajstić information content (AvgIpc) is 2.35. The number of nitrogens with two attached hydrogens (primary N) is 1. The molecule has 0 aliphatic rings. The van der Waals surface area contributed by atoms with Crippen molar-refractivity contribution in [3.05, 3.63) is 71.3 Å². The first-order valence-electron chi connectivity index (χ1n) is 5.07. The molecule has 2 nitrogen and oxygen atoms in total. The summed E-state index contributed by atoms with van der Waals surface area (Å²) in [6.45, 7) is 0. The predicted octanol–water partition coefficient (Wildman–Crippen LogP) is 2.94. The maximum Gasteiger partial charge on any atom is 0.129 e. The van der Waals surface area contributed by atoms with E-state index in [-0.39, 0.29) is 11.6 Å². The molecular weight excluding hydrogens is 224 g/mol. The molecule has 0 radical (unpaired) electrons. The van der Waals surface area contributed by atoms with Crippen molar-refractivity contribution in [2.24, 2.45) is 5.90 Å². The molecule has 0 heterocycles. The first-order chi connectivity index (χ1) is 8.20. The van der Waals surface area contributed by atoms with Crippen LogP contribution in [0.3, 0.4) is 0 Å². The molecule has 0 amide bonds. The summed E-state index contributed by atoms with van der Waals surface area (Å²) in [5.41, 5.74) is 1.42. The summed E-state index contributed by atoms with van der Waals surface area (Å²) in [5, 5.41) is 0. The lowest BCUT2D eigenvalue weighted by Gasteiger charge is -2.15. The smallest absolute Gasteiger partial charge is 0.129 e. The molecule has 0 saturated carbocycles. The van der Waals surface area contributed by atoms with Gasteiger partial charge in [0.15, 0.2) is 0 Å². The fourth-order valence-corrected chi connectivity index (χ4v) is 1.62. The Hall–Kier alpha value is -1.78. The van der Waals surface area contributed by atoms with E-state index in [0.717, 1.165) is 0 Å². The Labute approximate surface area is 97.6 Å². The van der Waals surface area contributed by atoms with Crippen LogP contribution in [0.2, 0.25) is 0 Å². The van der Waals surface area contributed by atoms with Crippen LogP contribution in [0.5, 0.6) is 0 Å². The zero-order valence-corrected chi connectivity index (χ0v) is 8.94. The van der Waals surface area contributed by atoms with E-state index in [0.29, 0.717) is 11.1 Å². The third-order valence-electron chi connectivity index (χ3n) is 2.48. The molecule has 0 unspecified atom stereocenters. The highest BCUT2D eigenvalue weighted by Gasteiger charge is 2.13. The van der Waals surface area contributed by atoms with Gasteiger partial charge in [-0.15, -0.1) is 0 Å². The highest BCUT2D eigenvalue weighted by atomic mass is 19.1. The molecule has 0 fully saturated rings. The van der Waals surface area contributed by atoms with Crippen molar-refractivity contribution in [3.8, 4) is 0 Å². The first-order valence-corrected chi connectivity index (χ1v) is 5.07. The second-order valence-electron chi connectivity index (χ2n) is 3.62. The highest BCUT2D eigenvalue weighted by molar-refractivity contribution is 5.30. The SMILES string of the molecule is NOC(c1ccc(F)cc1)c1ccc(F)cc1. The normalized spacial score (nSPS) is 10.8. The zero-order valence-electron chi connectivity index (χ0n) is 8.94. The quantitative estimate of drug-likeness (QED) is 0.830. The van der Waals surface area contributed by atoms with Gasteiger partial charge in [0.25, 0.3) is 0 Å². The molecule has 4 heteroatoms. The summed E-state index contributed by atoms with van der Waals surface area (Å²) in [4.78, 5) is 4.86. The Bertz CT molecular complexity index is 436. The molecule has 0 atom stereocenters. The van der Waals surface area contributed by atoms with E-state index in [2.05, 4.69) is 0 Å². The minimum absolute atomic E-state index is 0.330. The molecule has 2 aromatic rings. The molecule has 2 rings (SSSR count). The number of hydrogen-bond donors (Lipinski definition) is 1.